The van der Waals surface area contributed by atoms with Crippen LogP contribution < -0.4 is 5.32 Å². The van der Waals surface area contributed by atoms with Crippen LogP contribution in [0.15, 0.2) is 12.1 Å². The average Bonchev–Trinajstić information content (AvgIpc) is 2.51. The van der Waals surface area contributed by atoms with E-state index in [-0.39, 0.29) is 18.2 Å². The van der Waals surface area contributed by atoms with Gasteiger partial charge in [0.25, 0.3) is 0 Å². The van der Waals surface area contributed by atoms with Crippen LogP contribution in [0.1, 0.15) is 17.5 Å². The summed E-state index contributed by atoms with van der Waals surface area (Å²) in [6.07, 6.45) is 0.543. The van der Waals surface area contributed by atoms with E-state index in [1.54, 1.807) is 15.9 Å². The minimum Gasteiger partial charge on any atom is -0.342 e. The first-order valence-electron chi connectivity index (χ1n) is 7.44. The van der Waals surface area contributed by atoms with Crippen molar-refractivity contribution in [1.82, 2.24) is 9.80 Å². The van der Waals surface area contributed by atoms with E-state index in [0.717, 1.165) is 17.5 Å². The van der Waals surface area contributed by atoms with Gasteiger partial charge in [0.05, 0.1) is 10.7 Å². The third kappa shape index (κ3) is 4.45. The van der Waals surface area contributed by atoms with Crippen molar-refractivity contribution in [2.45, 2.75) is 20.3 Å². The van der Waals surface area contributed by atoms with Crippen molar-refractivity contribution in [2.24, 2.45) is 0 Å². The maximum absolute atomic E-state index is 12.1. The molecule has 1 N–H and O–H groups in total. The van der Waals surface area contributed by atoms with Crippen molar-refractivity contribution in [3.05, 3.63) is 28.3 Å². The molecule has 1 aromatic rings. The molecule has 0 spiro atoms. The Labute approximate surface area is 140 Å². The zero-order chi connectivity index (χ0) is 17.0. The number of rotatable bonds is 4. The SMILES string of the molecule is Cc1cc(C)c(NC(=O)CC(=O)N2CCN(C=O)CC2)c(Cl)c1. The summed E-state index contributed by atoms with van der Waals surface area (Å²) in [7, 11) is 0. The van der Waals surface area contributed by atoms with Gasteiger partial charge in [-0.15, -0.1) is 0 Å². The third-order valence-electron chi connectivity index (χ3n) is 3.82. The second-order valence-corrected chi connectivity index (χ2v) is 6.09. The Balaban J connectivity index is 1.92. The number of carbonyl (C=O) groups is 3. The molecule has 0 radical (unpaired) electrons. The maximum Gasteiger partial charge on any atom is 0.233 e. The fourth-order valence-corrected chi connectivity index (χ4v) is 2.95. The Bertz CT molecular complexity index is 602. The summed E-state index contributed by atoms with van der Waals surface area (Å²) in [5.41, 5.74) is 2.41. The van der Waals surface area contributed by atoms with Crippen LogP contribution in [-0.4, -0.2) is 54.2 Å². The minimum atomic E-state index is -0.387. The Hall–Kier alpha value is -2.08. The normalized spacial score (nSPS) is 14.6. The van der Waals surface area contributed by atoms with Gasteiger partial charge in [-0.2, -0.15) is 0 Å². The number of aryl methyl sites for hydroxylation is 2. The van der Waals surface area contributed by atoms with Crippen molar-refractivity contribution in [3.8, 4) is 0 Å². The van der Waals surface area contributed by atoms with Crippen molar-refractivity contribution < 1.29 is 14.4 Å². The second kappa shape index (κ2) is 7.46. The predicted molar refractivity (Wildman–Crippen MR) is 88.4 cm³/mol. The number of hydrogen-bond acceptors (Lipinski definition) is 3. The van der Waals surface area contributed by atoms with Crippen LogP contribution in [0.2, 0.25) is 5.02 Å². The van der Waals surface area contributed by atoms with Crippen molar-refractivity contribution in [1.29, 1.82) is 0 Å². The first-order valence-corrected chi connectivity index (χ1v) is 7.82. The van der Waals surface area contributed by atoms with Crippen LogP contribution >= 0.6 is 11.6 Å². The molecule has 0 saturated carbocycles. The number of piperazine rings is 1. The van der Waals surface area contributed by atoms with Crippen LogP contribution in [0, 0.1) is 13.8 Å². The zero-order valence-electron chi connectivity index (χ0n) is 13.3. The number of nitrogens with zero attached hydrogens (tertiary/aromatic N) is 2. The van der Waals surface area contributed by atoms with Gasteiger partial charge in [0.2, 0.25) is 18.2 Å². The highest BCUT2D eigenvalue weighted by Gasteiger charge is 2.22. The van der Waals surface area contributed by atoms with E-state index in [1.165, 1.54) is 0 Å². The lowest BCUT2D eigenvalue weighted by Gasteiger charge is -2.32. The molecule has 0 aromatic heterocycles. The van der Waals surface area contributed by atoms with E-state index in [1.807, 2.05) is 19.9 Å². The van der Waals surface area contributed by atoms with E-state index in [0.29, 0.717) is 36.9 Å². The van der Waals surface area contributed by atoms with Gasteiger partial charge in [0.15, 0.2) is 0 Å². The first-order chi connectivity index (χ1) is 10.9. The molecule has 0 unspecified atom stereocenters. The summed E-state index contributed by atoms with van der Waals surface area (Å²) in [5.74, 6) is -0.629. The Kier molecular flexibility index (Phi) is 5.60. The first kappa shape index (κ1) is 17.3. The average molecular weight is 338 g/mol. The summed E-state index contributed by atoms with van der Waals surface area (Å²) in [6, 6.07) is 3.69. The summed E-state index contributed by atoms with van der Waals surface area (Å²) in [6.45, 7) is 5.69. The number of anilines is 1. The lowest BCUT2D eigenvalue weighted by Crippen LogP contribution is -2.48. The number of amides is 3. The van der Waals surface area contributed by atoms with Crippen LogP contribution in [0.3, 0.4) is 0 Å². The standard InChI is InChI=1S/C16H20ClN3O3/c1-11-7-12(2)16(13(17)8-11)18-14(22)9-15(23)20-5-3-19(10-21)4-6-20/h7-8,10H,3-6,9H2,1-2H3,(H,18,22). The lowest BCUT2D eigenvalue weighted by molar-refractivity contribution is -0.137. The van der Waals surface area contributed by atoms with Gasteiger partial charge < -0.3 is 15.1 Å². The van der Waals surface area contributed by atoms with Gasteiger partial charge in [0, 0.05) is 26.2 Å². The third-order valence-corrected chi connectivity index (χ3v) is 4.12. The van der Waals surface area contributed by atoms with Crippen molar-refractivity contribution >= 4 is 35.5 Å². The lowest BCUT2D eigenvalue weighted by atomic mass is 10.1. The maximum atomic E-state index is 12.1. The monoisotopic (exact) mass is 337 g/mol. The molecule has 7 heteroatoms. The molecule has 1 saturated heterocycles. The molecule has 6 nitrogen and oxygen atoms in total. The van der Waals surface area contributed by atoms with E-state index in [9.17, 15) is 14.4 Å². The van der Waals surface area contributed by atoms with E-state index in [2.05, 4.69) is 5.32 Å². The summed E-state index contributed by atoms with van der Waals surface area (Å²) >= 11 is 6.15. The Morgan fingerprint density at radius 1 is 1.22 bits per heavy atom. The van der Waals surface area contributed by atoms with Gasteiger partial charge in [0.1, 0.15) is 6.42 Å². The molecule has 3 amide bonds. The quantitative estimate of drug-likeness (QED) is 0.670. The number of halogens is 1. The topological polar surface area (TPSA) is 69.7 Å². The van der Waals surface area contributed by atoms with Crippen LogP contribution in [0.5, 0.6) is 0 Å². The van der Waals surface area contributed by atoms with Crippen molar-refractivity contribution in [2.75, 3.05) is 31.5 Å². The van der Waals surface area contributed by atoms with Crippen LogP contribution in [-0.2, 0) is 14.4 Å². The molecule has 1 fully saturated rings. The molecule has 0 aliphatic carbocycles. The highest BCUT2D eigenvalue weighted by molar-refractivity contribution is 6.34. The Morgan fingerprint density at radius 2 is 1.87 bits per heavy atom. The fraction of sp³-hybridized carbons (Fsp3) is 0.438. The van der Waals surface area contributed by atoms with E-state index < -0.39 is 0 Å². The zero-order valence-corrected chi connectivity index (χ0v) is 14.0. The van der Waals surface area contributed by atoms with Crippen LogP contribution in [0.4, 0.5) is 5.69 Å². The minimum absolute atomic E-state index is 0.231. The number of nitrogens with one attached hydrogen (secondary N) is 1. The molecule has 0 atom stereocenters. The molecule has 124 valence electrons. The summed E-state index contributed by atoms with van der Waals surface area (Å²) < 4.78 is 0. The molecule has 0 bridgehead atoms. The molecular formula is C16H20ClN3O3. The molecule has 1 heterocycles. The number of carbonyl (C=O) groups excluding carboxylic acids is 3. The summed E-state index contributed by atoms with van der Waals surface area (Å²) in [4.78, 5) is 38.1. The summed E-state index contributed by atoms with van der Waals surface area (Å²) in [5, 5.41) is 3.17. The van der Waals surface area contributed by atoms with E-state index >= 15 is 0 Å². The molecule has 1 aromatic carbocycles. The molecule has 1 aliphatic rings. The highest BCUT2D eigenvalue weighted by Crippen LogP contribution is 2.27. The van der Waals surface area contributed by atoms with Crippen LogP contribution in [0.25, 0.3) is 0 Å². The molecular weight excluding hydrogens is 318 g/mol. The number of hydrogen-bond donors (Lipinski definition) is 1. The second-order valence-electron chi connectivity index (χ2n) is 5.69. The highest BCUT2D eigenvalue weighted by atomic mass is 35.5. The molecule has 1 aliphatic heterocycles. The number of benzene rings is 1. The fourth-order valence-electron chi connectivity index (χ4n) is 2.58. The van der Waals surface area contributed by atoms with E-state index in [4.69, 9.17) is 11.6 Å². The molecule has 23 heavy (non-hydrogen) atoms. The smallest absolute Gasteiger partial charge is 0.233 e. The van der Waals surface area contributed by atoms with Gasteiger partial charge in [-0.25, -0.2) is 0 Å². The van der Waals surface area contributed by atoms with Crippen molar-refractivity contribution in [3.63, 3.8) is 0 Å². The molecule has 2 rings (SSSR count). The largest absolute Gasteiger partial charge is 0.342 e. The van der Waals surface area contributed by atoms with Gasteiger partial charge in [-0.3, -0.25) is 14.4 Å². The Morgan fingerprint density at radius 3 is 2.43 bits per heavy atom. The predicted octanol–water partition coefficient (Wildman–Crippen LogP) is 1.59. The van der Waals surface area contributed by atoms with Gasteiger partial charge in [-0.1, -0.05) is 17.7 Å². The van der Waals surface area contributed by atoms with Gasteiger partial charge >= 0.3 is 0 Å². The van der Waals surface area contributed by atoms with Gasteiger partial charge in [-0.05, 0) is 31.0 Å².